The summed E-state index contributed by atoms with van der Waals surface area (Å²) in [7, 11) is 1.32. The number of nitrogens with zero attached hydrogens (tertiary/aromatic N) is 2. The SMILES string of the molecule is COC(=O)CC(NC(=O)Cn1c(-c2ccc(C)cc2)n[nH]c1=S)c1ccccc1. The Morgan fingerprint density at radius 3 is 2.52 bits per heavy atom. The van der Waals surface area contributed by atoms with Crippen molar-refractivity contribution in [2.45, 2.75) is 25.9 Å². The number of amides is 1. The van der Waals surface area contributed by atoms with Crippen LogP contribution in [0.25, 0.3) is 11.4 Å². The number of aromatic amines is 1. The molecule has 1 atom stereocenters. The molecule has 1 aromatic heterocycles. The van der Waals surface area contributed by atoms with Gasteiger partial charge in [0.2, 0.25) is 5.91 Å². The van der Waals surface area contributed by atoms with Gasteiger partial charge in [0.05, 0.1) is 19.6 Å². The number of benzene rings is 2. The van der Waals surface area contributed by atoms with Gasteiger partial charge >= 0.3 is 5.97 Å². The summed E-state index contributed by atoms with van der Waals surface area (Å²) in [5, 5.41) is 9.91. The Morgan fingerprint density at radius 1 is 1.17 bits per heavy atom. The predicted octanol–water partition coefficient (Wildman–Crippen LogP) is 3.34. The number of carbonyl (C=O) groups is 2. The third-order valence-corrected chi connectivity index (χ3v) is 4.82. The lowest BCUT2D eigenvalue weighted by atomic mass is 10.0. The maximum Gasteiger partial charge on any atom is 0.307 e. The summed E-state index contributed by atoms with van der Waals surface area (Å²) in [6.45, 7) is 1.97. The van der Waals surface area contributed by atoms with Crippen molar-refractivity contribution in [1.82, 2.24) is 20.1 Å². The van der Waals surface area contributed by atoms with Crippen molar-refractivity contribution >= 4 is 24.1 Å². The molecule has 0 aliphatic carbocycles. The largest absolute Gasteiger partial charge is 0.469 e. The zero-order valence-corrected chi connectivity index (χ0v) is 17.0. The highest BCUT2D eigenvalue weighted by molar-refractivity contribution is 7.71. The number of H-pyrrole nitrogens is 1. The maximum atomic E-state index is 12.8. The average molecular weight is 410 g/mol. The molecule has 0 bridgehead atoms. The van der Waals surface area contributed by atoms with Gasteiger partial charge in [-0.15, -0.1) is 0 Å². The molecule has 0 spiro atoms. The molecule has 1 amide bonds. The third-order valence-electron chi connectivity index (χ3n) is 4.51. The lowest BCUT2D eigenvalue weighted by Gasteiger charge is -2.18. The molecule has 0 aliphatic heterocycles. The van der Waals surface area contributed by atoms with Gasteiger partial charge in [0.25, 0.3) is 0 Å². The minimum absolute atomic E-state index is 0.0248. The monoisotopic (exact) mass is 410 g/mol. The van der Waals surface area contributed by atoms with Crippen molar-refractivity contribution in [3.05, 3.63) is 70.5 Å². The Bertz CT molecular complexity index is 1040. The van der Waals surface area contributed by atoms with Crippen LogP contribution < -0.4 is 5.32 Å². The Morgan fingerprint density at radius 2 is 1.86 bits per heavy atom. The van der Waals surface area contributed by atoms with Gasteiger partial charge in [-0.25, -0.2) is 0 Å². The van der Waals surface area contributed by atoms with Crippen molar-refractivity contribution in [2.75, 3.05) is 7.11 Å². The van der Waals surface area contributed by atoms with E-state index in [1.165, 1.54) is 7.11 Å². The number of methoxy groups -OCH3 is 1. The highest BCUT2D eigenvalue weighted by atomic mass is 32.1. The Kier molecular flexibility index (Phi) is 6.56. The molecule has 150 valence electrons. The Balaban J connectivity index is 1.80. The highest BCUT2D eigenvalue weighted by Crippen LogP contribution is 2.19. The van der Waals surface area contributed by atoms with Crippen molar-refractivity contribution in [2.24, 2.45) is 0 Å². The van der Waals surface area contributed by atoms with E-state index in [0.29, 0.717) is 10.6 Å². The lowest BCUT2D eigenvalue weighted by molar-refractivity contribution is -0.141. The molecule has 29 heavy (non-hydrogen) atoms. The molecule has 0 saturated carbocycles. The number of esters is 1. The van der Waals surface area contributed by atoms with Gasteiger partial charge in [-0.3, -0.25) is 19.3 Å². The molecule has 3 aromatic rings. The van der Waals surface area contributed by atoms with Gasteiger partial charge in [-0.2, -0.15) is 5.10 Å². The molecule has 0 fully saturated rings. The number of aryl methyl sites for hydroxylation is 1. The van der Waals surface area contributed by atoms with Crippen LogP contribution in [0.5, 0.6) is 0 Å². The topological polar surface area (TPSA) is 89.0 Å². The molecule has 0 radical (unpaired) electrons. The third kappa shape index (κ3) is 5.17. The molecule has 2 N–H and O–H groups in total. The second-order valence-corrected chi connectivity index (χ2v) is 7.00. The van der Waals surface area contributed by atoms with Gasteiger partial charge in [-0.05, 0) is 24.7 Å². The maximum absolute atomic E-state index is 12.8. The molecule has 2 aromatic carbocycles. The van der Waals surface area contributed by atoms with E-state index >= 15 is 0 Å². The fourth-order valence-corrected chi connectivity index (χ4v) is 3.16. The molecular weight excluding hydrogens is 388 g/mol. The van der Waals surface area contributed by atoms with E-state index in [0.717, 1.165) is 16.7 Å². The van der Waals surface area contributed by atoms with Crippen LogP contribution in [0.15, 0.2) is 54.6 Å². The van der Waals surface area contributed by atoms with Gasteiger partial charge in [0, 0.05) is 5.56 Å². The van der Waals surface area contributed by atoms with Crippen LogP contribution in [0.1, 0.15) is 23.6 Å². The van der Waals surface area contributed by atoms with E-state index in [9.17, 15) is 9.59 Å². The van der Waals surface area contributed by atoms with Crippen molar-refractivity contribution in [3.63, 3.8) is 0 Å². The van der Waals surface area contributed by atoms with Crippen molar-refractivity contribution in [1.29, 1.82) is 0 Å². The summed E-state index contributed by atoms with van der Waals surface area (Å²) in [5.41, 5.74) is 2.80. The second-order valence-electron chi connectivity index (χ2n) is 6.62. The summed E-state index contributed by atoms with van der Waals surface area (Å²) >= 11 is 5.30. The highest BCUT2D eigenvalue weighted by Gasteiger charge is 2.20. The number of carbonyl (C=O) groups excluding carboxylic acids is 2. The van der Waals surface area contributed by atoms with E-state index in [-0.39, 0.29) is 18.9 Å². The van der Waals surface area contributed by atoms with Gasteiger partial charge in [0.1, 0.15) is 6.54 Å². The van der Waals surface area contributed by atoms with Crippen LogP contribution in [-0.2, 0) is 20.9 Å². The number of ether oxygens (including phenoxy) is 1. The normalized spacial score (nSPS) is 11.7. The van der Waals surface area contributed by atoms with Crippen LogP contribution >= 0.6 is 12.2 Å². The average Bonchev–Trinajstić information content (AvgIpc) is 3.08. The molecule has 0 saturated heterocycles. The van der Waals surface area contributed by atoms with Crippen molar-refractivity contribution in [3.8, 4) is 11.4 Å². The fraction of sp³-hybridized carbons (Fsp3) is 0.238. The van der Waals surface area contributed by atoms with E-state index in [1.54, 1.807) is 4.57 Å². The molecule has 1 unspecified atom stereocenters. The van der Waals surface area contributed by atoms with E-state index < -0.39 is 12.0 Å². The first-order valence-corrected chi connectivity index (χ1v) is 9.52. The molecular formula is C21H22N4O3S. The fourth-order valence-electron chi connectivity index (χ4n) is 2.96. The molecule has 8 heteroatoms. The standard InChI is InChI=1S/C21H22N4O3S/c1-14-8-10-16(11-9-14)20-23-24-21(29)25(20)13-18(26)22-17(12-19(27)28-2)15-6-4-3-5-7-15/h3-11,17H,12-13H2,1-2H3,(H,22,26)(H,24,29). The summed E-state index contributed by atoms with van der Waals surface area (Å²) in [6, 6.07) is 16.6. The zero-order chi connectivity index (χ0) is 20.8. The van der Waals surface area contributed by atoms with Crippen LogP contribution in [-0.4, -0.2) is 33.8 Å². The molecule has 1 heterocycles. The summed E-state index contributed by atoms with van der Waals surface area (Å²) in [6.07, 6.45) is 0.0356. The van der Waals surface area contributed by atoms with Crippen LogP contribution in [0, 0.1) is 11.7 Å². The Labute approximate surface area is 173 Å². The number of aromatic nitrogens is 3. The lowest BCUT2D eigenvalue weighted by Crippen LogP contribution is -2.33. The van der Waals surface area contributed by atoms with Gasteiger partial charge in [0.15, 0.2) is 10.6 Å². The van der Waals surface area contributed by atoms with Gasteiger partial charge < -0.3 is 10.1 Å². The number of hydrogen-bond donors (Lipinski definition) is 2. The minimum atomic E-state index is -0.500. The summed E-state index contributed by atoms with van der Waals surface area (Å²) in [4.78, 5) is 24.6. The van der Waals surface area contributed by atoms with Crippen LogP contribution in [0.2, 0.25) is 0 Å². The van der Waals surface area contributed by atoms with E-state index in [1.807, 2.05) is 61.5 Å². The van der Waals surface area contributed by atoms with Crippen LogP contribution in [0.4, 0.5) is 0 Å². The van der Waals surface area contributed by atoms with E-state index in [4.69, 9.17) is 17.0 Å². The quantitative estimate of drug-likeness (QED) is 0.461. The van der Waals surface area contributed by atoms with E-state index in [2.05, 4.69) is 15.5 Å². The first-order valence-electron chi connectivity index (χ1n) is 9.11. The summed E-state index contributed by atoms with van der Waals surface area (Å²) < 4.78 is 6.75. The molecule has 3 rings (SSSR count). The first-order chi connectivity index (χ1) is 14.0. The first kappa shape index (κ1) is 20.5. The number of rotatable bonds is 7. The van der Waals surface area contributed by atoms with Crippen molar-refractivity contribution < 1.29 is 14.3 Å². The van der Waals surface area contributed by atoms with Crippen LogP contribution in [0.3, 0.4) is 0 Å². The predicted molar refractivity (Wildman–Crippen MR) is 112 cm³/mol. The zero-order valence-electron chi connectivity index (χ0n) is 16.2. The molecule has 0 aliphatic rings. The number of nitrogens with one attached hydrogen (secondary N) is 2. The second kappa shape index (κ2) is 9.29. The van der Waals surface area contributed by atoms with Gasteiger partial charge in [-0.1, -0.05) is 60.2 Å². The minimum Gasteiger partial charge on any atom is -0.469 e. The summed E-state index contributed by atoms with van der Waals surface area (Å²) in [5.74, 6) is -0.109. The number of hydrogen-bond acceptors (Lipinski definition) is 5. The smallest absolute Gasteiger partial charge is 0.307 e. The Hall–Kier alpha value is -3.26. The molecule has 7 nitrogen and oxygen atoms in total.